The average molecular weight is 332 g/mol. The van der Waals surface area contributed by atoms with Crippen LogP contribution in [-0.2, 0) is 11.2 Å². The first-order valence-electron chi connectivity index (χ1n) is 6.33. The van der Waals surface area contributed by atoms with Crippen molar-refractivity contribution in [3.8, 4) is 0 Å². The van der Waals surface area contributed by atoms with Crippen LogP contribution in [0.5, 0.6) is 0 Å². The number of rotatable bonds is 8. The first-order chi connectivity index (χ1) is 8.67. The fourth-order valence-electron chi connectivity index (χ4n) is 1.64. The van der Waals surface area contributed by atoms with E-state index in [1.54, 1.807) is 7.11 Å². The maximum atomic E-state index is 6.05. The summed E-state index contributed by atoms with van der Waals surface area (Å²) in [4.78, 5) is 1.34. The van der Waals surface area contributed by atoms with Crippen LogP contribution in [0.25, 0.3) is 0 Å². The molecule has 18 heavy (non-hydrogen) atoms. The molecule has 0 aliphatic rings. The molecule has 0 aliphatic heterocycles. The van der Waals surface area contributed by atoms with Crippen molar-refractivity contribution >= 4 is 27.7 Å². The minimum atomic E-state index is 0.254. The number of methoxy groups -OCH3 is 1. The van der Waals surface area contributed by atoms with Gasteiger partial charge in [0.2, 0.25) is 0 Å². The first kappa shape index (κ1) is 16.0. The number of ether oxygens (including phenoxy) is 1. The van der Waals surface area contributed by atoms with Crippen molar-refractivity contribution in [3.63, 3.8) is 0 Å². The number of thioether (sulfide) groups is 1. The van der Waals surface area contributed by atoms with E-state index in [4.69, 9.17) is 10.5 Å². The second-order valence-electron chi connectivity index (χ2n) is 4.32. The second-order valence-corrected chi connectivity index (χ2v) is 6.37. The second kappa shape index (κ2) is 8.97. The van der Waals surface area contributed by atoms with E-state index < -0.39 is 0 Å². The van der Waals surface area contributed by atoms with Crippen LogP contribution in [0.2, 0.25) is 0 Å². The van der Waals surface area contributed by atoms with Crippen LogP contribution < -0.4 is 5.73 Å². The van der Waals surface area contributed by atoms with E-state index in [1.165, 1.54) is 10.5 Å². The summed E-state index contributed by atoms with van der Waals surface area (Å²) in [5, 5.41) is 0. The Morgan fingerprint density at radius 3 is 2.89 bits per heavy atom. The predicted molar refractivity (Wildman–Crippen MR) is 83.3 cm³/mol. The highest BCUT2D eigenvalue weighted by atomic mass is 79.9. The summed E-state index contributed by atoms with van der Waals surface area (Å²) < 4.78 is 6.20. The molecule has 0 radical (unpaired) electrons. The molecule has 0 heterocycles. The van der Waals surface area contributed by atoms with E-state index in [0.717, 1.165) is 36.1 Å². The lowest BCUT2D eigenvalue weighted by atomic mass is 10.1. The normalized spacial score (nSPS) is 12.7. The minimum absolute atomic E-state index is 0.254. The Balaban J connectivity index is 2.64. The largest absolute Gasteiger partial charge is 0.385 e. The molecule has 4 heteroatoms. The third-order valence-corrected chi connectivity index (χ3v) is 4.46. The van der Waals surface area contributed by atoms with Gasteiger partial charge in [0.1, 0.15) is 0 Å². The molecule has 0 aromatic heterocycles. The Bertz CT molecular complexity index is 360. The van der Waals surface area contributed by atoms with Crippen molar-refractivity contribution in [3.05, 3.63) is 28.2 Å². The lowest BCUT2D eigenvalue weighted by molar-refractivity contribution is 0.200. The summed E-state index contributed by atoms with van der Waals surface area (Å²) in [7, 11) is 1.75. The molecule has 1 aromatic carbocycles. The van der Waals surface area contributed by atoms with Crippen LogP contribution in [0.4, 0.5) is 0 Å². The summed E-state index contributed by atoms with van der Waals surface area (Å²) in [6.07, 6.45) is 3.05. The molecule has 0 spiro atoms. The van der Waals surface area contributed by atoms with Gasteiger partial charge in [0, 0.05) is 34.9 Å². The molecule has 2 nitrogen and oxygen atoms in total. The SMILES string of the molecule is CCC(N)Cc1ccc(Br)cc1SCCCOC. The zero-order valence-corrected chi connectivity index (χ0v) is 13.5. The Morgan fingerprint density at radius 2 is 2.22 bits per heavy atom. The molecule has 102 valence electrons. The molecule has 1 atom stereocenters. The molecule has 1 aromatic rings. The van der Waals surface area contributed by atoms with Crippen LogP contribution in [0.15, 0.2) is 27.6 Å². The van der Waals surface area contributed by atoms with Crippen molar-refractivity contribution < 1.29 is 4.74 Å². The molecule has 0 amide bonds. The molecule has 2 N–H and O–H groups in total. The van der Waals surface area contributed by atoms with Crippen LogP contribution in [0.3, 0.4) is 0 Å². The summed E-state index contributed by atoms with van der Waals surface area (Å²) in [5.41, 5.74) is 7.40. The standard InChI is InChI=1S/C14H22BrNOS/c1-3-13(16)9-11-5-6-12(15)10-14(11)18-8-4-7-17-2/h5-6,10,13H,3-4,7-9,16H2,1-2H3. The fraction of sp³-hybridized carbons (Fsp3) is 0.571. The number of halogens is 1. The van der Waals surface area contributed by atoms with Gasteiger partial charge >= 0.3 is 0 Å². The average Bonchev–Trinajstić information content (AvgIpc) is 2.37. The quantitative estimate of drug-likeness (QED) is 0.580. The van der Waals surface area contributed by atoms with Gasteiger partial charge in [-0.2, -0.15) is 0 Å². The van der Waals surface area contributed by atoms with E-state index in [2.05, 4.69) is 41.1 Å². The monoisotopic (exact) mass is 331 g/mol. The molecular formula is C14H22BrNOS. The van der Waals surface area contributed by atoms with Crippen LogP contribution >= 0.6 is 27.7 Å². The molecule has 1 rings (SSSR count). The van der Waals surface area contributed by atoms with Crippen LogP contribution in [-0.4, -0.2) is 25.5 Å². The van der Waals surface area contributed by atoms with Crippen molar-refractivity contribution in [2.24, 2.45) is 5.73 Å². The maximum absolute atomic E-state index is 6.05. The highest BCUT2D eigenvalue weighted by Crippen LogP contribution is 2.28. The van der Waals surface area contributed by atoms with E-state index in [-0.39, 0.29) is 6.04 Å². The Hall–Kier alpha value is -0.0300. The van der Waals surface area contributed by atoms with E-state index in [0.29, 0.717) is 0 Å². The van der Waals surface area contributed by atoms with Gasteiger partial charge in [-0.15, -0.1) is 11.8 Å². The zero-order chi connectivity index (χ0) is 13.4. The molecule has 1 unspecified atom stereocenters. The fourth-order valence-corrected chi connectivity index (χ4v) is 3.19. The van der Waals surface area contributed by atoms with E-state index in [1.807, 2.05) is 11.8 Å². The third kappa shape index (κ3) is 5.74. The van der Waals surface area contributed by atoms with Crippen LogP contribution in [0, 0.1) is 0 Å². The van der Waals surface area contributed by atoms with Crippen molar-refractivity contribution in [2.75, 3.05) is 19.5 Å². The number of nitrogens with two attached hydrogens (primary N) is 1. The van der Waals surface area contributed by atoms with Gasteiger partial charge in [0.15, 0.2) is 0 Å². The number of hydrogen-bond donors (Lipinski definition) is 1. The Kier molecular flexibility index (Phi) is 7.98. The highest BCUT2D eigenvalue weighted by molar-refractivity contribution is 9.10. The summed E-state index contributed by atoms with van der Waals surface area (Å²) in [6.45, 7) is 2.96. The van der Waals surface area contributed by atoms with Crippen LogP contribution in [0.1, 0.15) is 25.3 Å². The van der Waals surface area contributed by atoms with Gasteiger partial charge in [-0.05, 0) is 37.0 Å². The summed E-state index contributed by atoms with van der Waals surface area (Å²) in [5.74, 6) is 1.08. The van der Waals surface area contributed by atoms with Gasteiger partial charge < -0.3 is 10.5 Å². The van der Waals surface area contributed by atoms with Gasteiger partial charge in [0.25, 0.3) is 0 Å². The van der Waals surface area contributed by atoms with Gasteiger partial charge in [-0.25, -0.2) is 0 Å². The van der Waals surface area contributed by atoms with Gasteiger partial charge in [-0.1, -0.05) is 28.9 Å². The Morgan fingerprint density at radius 1 is 1.44 bits per heavy atom. The van der Waals surface area contributed by atoms with Crippen molar-refractivity contribution in [1.82, 2.24) is 0 Å². The molecule has 0 bridgehead atoms. The minimum Gasteiger partial charge on any atom is -0.385 e. The van der Waals surface area contributed by atoms with Gasteiger partial charge in [0.05, 0.1) is 0 Å². The van der Waals surface area contributed by atoms with Crippen molar-refractivity contribution in [1.29, 1.82) is 0 Å². The predicted octanol–water partition coefficient (Wildman–Crippen LogP) is 3.86. The smallest absolute Gasteiger partial charge is 0.0470 e. The lowest BCUT2D eigenvalue weighted by Crippen LogP contribution is -2.21. The molecule has 0 saturated carbocycles. The molecule has 0 saturated heterocycles. The topological polar surface area (TPSA) is 35.2 Å². The Labute approximate surface area is 123 Å². The van der Waals surface area contributed by atoms with Gasteiger partial charge in [-0.3, -0.25) is 0 Å². The van der Waals surface area contributed by atoms with E-state index >= 15 is 0 Å². The van der Waals surface area contributed by atoms with E-state index in [9.17, 15) is 0 Å². The summed E-state index contributed by atoms with van der Waals surface area (Å²) >= 11 is 5.42. The highest BCUT2D eigenvalue weighted by Gasteiger charge is 2.08. The third-order valence-electron chi connectivity index (χ3n) is 2.79. The first-order valence-corrected chi connectivity index (χ1v) is 8.11. The summed E-state index contributed by atoms with van der Waals surface area (Å²) in [6, 6.07) is 6.72. The van der Waals surface area contributed by atoms with Crippen molar-refractivity contribution in [2.45, 2.75) is 37.1 Å². The molecular weight excluding hydrogens is 310 g/mol. The maximum Gasteiger partial charge on any atom is 0.0470 e. The number of hydrogen-bond acceptors (Lipinski definition) is 3. The lowest BCUT2D eigenvalue weighted by Gasteiger charge is -2.13. The zero-order valence-electron chi connectivity index (χ0n) is 11.1. The number of benzene rings is 1. The molecule has 0 fully saturated rings. The molecule has 0 aliphatic carbocycles.